The molecule has 0 saturated heterocycles. The van der Waals surface area contributed by atoms with Crippen molar-refractivity contribution in [1.82, 2.24) is 10.5 Å². The number of nitrogens with one attached hydrogen (secondary N) is 1. The molecule has 118 valence electrons. The van der Waals surface area contributed by atoms with Crippen LogP contribution >= 0.6 is 11.8 Å². The maximum atomic E-state index is 11.8. The van der Waals surface area contributed by atoms with Crippen LogP contribution in [0.1, 0.15) is 11.3 Å². The van der Waals surface area contributed by atoms with Crippen LogP contribution in [0.4, 0.5) is 0 Å². The normalized spacial score (nSPS) is 10.6. The molecule has 0 saturated carbocycles. The van der Waals surface area contributed by atoms with E-state index in [4.69, 9.17) is 8.94 Å². The Hall–Kier alpha value is -2.47. The van der Waals surface area contributed by atoms with Gasteiger partial charge in [0.15, 0.2) is 5.76 Å². The molecule has 1 N–H and O–H groups in total. The number of thioether (sulfide) groups is 1. The van der Waals surface area contributed by atoms with Gasteiger partial charge in [-0.25, -0.2) is 0 Å². The molecule has 0 aliphatic rings. The van der Waals surface area contributed by atoms with Crippen LogP contribution in [0.5, 0.6) is 0 Å². The van der Waals surface area contributed by atoms with Gasteiger partial charge in [-0.15, -0.1) is 11.8 Å². The monoisotopic (exact) mass is 328 g/mol. The molecule has 0 radical (unpaired) electrons. The number of aromatic nitrogens is 1. The largest absolute Gasteiger partial charge is 0.461 e. The van der Waals surface area contributed by atoms with E-state index in [1.54, 1.807) is 36.2 Å². The third-order valence-electron chi connectivity index (χ3n) is 3.13. The molecule has 0 bridgehead atoms. The SMILES string of the molecule is O=C(CSCc1ccccc1)NCc1cc(-c2ccco2)on1. The molecule has 1 aromatic carbocycles. The summed E-state index contributed by atoms with van der Waals surface area (Å²) in [6, 6.07) is 15.4. The lowest BCUT2D eigenvalue weighted by atomic mass is 10.2. The molecule has 2 aromatic heterocycles. The first-order chi connectivity index (χ1) is 11.3. The molecule has 0 fully saturated rings. The zero-order valence-electron chi connectivity index (χ0n) is 12.4. The predicted octanol–water partition coefficient (Wildman–Crippen LogP) is 3.48. The molecule has 0 atom stereocenters. The second kappa shape index (κ2) is 7.69. The number of furan rings is 1. The van der Waals surface area contributed by atoms with Crippen LogP contribution in [0.3, 0.4) is 0 Å². The highest BCUT2D eigenvalue weighted by Gasteiger charge is 2.10. The van der Waals surface area contributed by atoms with Gasteiger partial charge in [0, 0.05) is 11.8 Å². The summed E-state index contributed by atoms with van der Waals surface area (Å²) in [7, 11) is 0. The highest BCUT2D eigenvalue weighted by atomic mass is 32.2. The predicted molar refractivity (Wildman–Crippen MR) is 88.7 cm³/mol. The van der Waals surface area contributed by atoms with Crippen LogP contribution in [-0.4, -0.2) is 16.8 Å². The first-order valence-corrected chi connectivity index (χ1v) is 8.34. The molecule has 3 rings (SSSR count). The minimum atomic E-state index is -0.0199. The zero-order chi connectivity index (χ0) is 15.9. The number of benzene rings is 1. The third-order valence-corrected chi connectivity index (χ3v) is 4.14. The number of carbonyl (C=O) groups is 1. The Morgan fingerprint density at radius 3 is 2.78 bits per heavy atom. The maximum Gasteiger partial charge on any atom is 0.230 e. The number of amides is 1. The standard InChI is InChI=1S/C17H16N2O3S/c20-17(12-23-11-13-5-2-1-3-6-13)18-10-14-9-16(22-19-14)15-7-4-8-21-15/h1-9H,10-12H2,(H,18,20). The minimum Gasteiger partial charge on any atom is -0.461 e. The van der Waals surface area contributed by atoms with Gasteiger partial charge in [0.1, 0.15) is 5.69 Å². The zero-order valence-corrected chi connectivity index (χ0v) is 13.2. The molecular formula is C17H16N2O3S. The Morgan fingerprint density at radius 1 is 1.13 bits per heavy atom. The van der Waals surface area contributed by atoms with Crippen LogP contribution in [-0.2, 0) is 17.1 Å². The summed E-state index contributed by atoms with van der Waals surface area (Å²) in [5.41, 5.74) is 1.88. The molecule has 0 spiro atoms. The van der Waals surface area contributed by atoms with E-state index in [1.165, 1.54) is 5.56 Å². The Balaban J connectivity index is 1.41. The smallest absolute Gasteiger partial charge is 0.230 e. The summed E-state index contributed by atoms with van der Waals surface area (Å²) in [6.07, 6.45) is 1.57. The maximum absolute atomic E-state index is 11.8. The number of hydrogen-bond acceptors (Lipinski definition) is 5. The number of rotatable bonds is 7. The van der Waals surface area contributed by atoms with Crippen molar-refractivity contribution >= 4 is 17.7 Å². The molecule has 0 aliphatic carbocycles. The van der Waals surface area contributed by atoms with Crippen LogP contribution in [0.15, 0.2) is 63.7 Å². The molecule has 5 nitrogen and oxygen atoms in total. The summed E-state index contributed by atoms with van der Waals surface area (Å²) in [4.78, 5) is 11.8. The molecular weight excluding hydrogens is 312 g/mol. The van der Waals surface area contributed by atoms with E-state index in [9.17, 15) is 4.79 Å². The Kier molecular flexibility index (Phi) is 5.16. The Labute approximate surface area is 138 Å². The van der Waals surface area contributed by atoms with E-state index in [0.717, 1.165) is 5.75 Å². The minimum absolute atomic E-state index is 0.0199. The lowest BCUT2D eigenvalue weighted by Gasteiger charge is -2.03. The van der Waals surface area contributed by atoms with Gasteiger partial charge in [-0.3, -0.25) is 4.79 Å². The summed E-state index contributed by atoms with van der Waals surface area (Å²) in [5, 5.41) is 6.75. The van der Waals surface area contributed by atoms with Gasteiger partial charge >= 0.3 is 0 Å². The summed E-state index contributed by atoms with van der Waals surface area (Å²) < 4.78 is 10.4. The molecule has 3 aromatic rings. The lowest BCUT2D eigenvalue weighted by Crippen LogP contribution is -2.24. The van der Waals surface area contributed by atoms with Crippen molar-refractivity contribution in [2.24, 2.45) is 0 Å². The molecule has 0 aliphatic heterocycles. The Bertz CT molecular complexity index is 738. The fourth-order valence-electron chi connectivity index (χ4n) is 2.01. The van der Waals surface area contributed by atoms with Crippen molar-refractivity contribution in [1.29, 1.82) is 0 Å². The highest BCUT2D eigenvalue weighted by Crippen LogP contribution is 2.20. The fourth-order valence-corrected chi connectivity index (χ4v) is 2.82. The summed E-state index contributed by atoms with van der Waals surface area (Å²) in [6.45, 7) is 0.342. The van der Waals surface area contributed by atoms with E-state index in [-0.39, 0.29) is 5.91 Å². The van der Waals surface area contributed by atoms with Crippen molar-refractivity contribution < 1.29 is 13.7 Å². The molecule has 2 heterocycles. The second-order valence-electron chi connectivity index (χ2n) is 4.91. The average Bonchev–Trinajstić information content (AvgIpc) is 3.25. The number of carbonyl (C=O) groups excluding carboxylic acids is 1. The molecule has 1 amide bonds. The van der Waals surface area contributed by atoms with Crippen LogP contribution in [0.25, 0.3) is 11.5 Å². The van der Waals surface area contributed by atoms with Crippen molar-refractivity contribution in [3.63, 3.8) is 0 Å². The van der Waals surface area contributed by atoms with E-state index in [0.29, 0.717) is 29.5 Å². The molecule has 23 heavy (non-hydrogen) atoms. The quantitative estimate of drug-likeness (QED) is 0.719. The van der Waals surface area contributed by atoms with Gasteiger partial charge in [0.05, 0.1) is 18.6 Å². The topological polar surface area (TPSA) is 68.3 Å². The summed E-state index contributed by atoms with van der Waals surface area (Å²) >= 11 is 1.58. The highest BCUT2D eigenvalue weighted by molar-refractivity contribution is 7.99. The summed E-state index contributed by atoms with van der Waals surface area (Å²) in [5.74, 6) is 2.39. The number of nitrogens with zero attached hydrogens (tertiary/aromatic N) is 1. The van der Waals surface area contributed by atoms with Crippen LogP contribution in [0, 0.1) is 0 Å². The lowest BCUT2D eigenvalue weighted by molar-refractivity contribution is -0.118. The van der Waals surface area contributed by atoms with Crippen LogP contribution < -0.4 is 5.32 Å². The molecule has 6 heteroatoms. The third kappa shape index (κ3) is 4.50. The van der Waals surface area contributed by atoms with Crippen LogP contribution in [0.2, 0.25) is 0 Å². The van der Waals surface area contributed by atoms with Gasteiger partial charge in [0.2, 0.25) is 11.7 Å². The average molecular weight is 328 g/mol. The first-order valence-electron chi connectivity index (χ1n) is 7.19. The number of hydrogen-bond donors (Lipinski definition) is 1. The van der Waals surface area contributed by atoms with Gasteiger partial charge < -0.3 is 14.3 Å². The van der Waals surface area contributed by atoms with Crippen molar-refractivity contribution in [3.05, 3.63) is 66.1 Å². The fraction of sp³-hybridized carbons (Fsp3) is 0.176. The van der Waals surface area contributed by atoms with E-state index < -0.39 is 0 Å². The van der Waals surface area contributed by atoms with Gasteiger partial charge in [-0.2, -0.15) is 0 Å². The Morgan fingerprint density at radius 2 is 2.00 bits per heavy atom. The van der Waals surface area contributed by atoms with Gasteiger partial charge in [0.25, 0.3) is 0 Å². The van der Waals surface area contributed by atoms with E-state index in [2.05, 4.69) is 22.6 Å². The van der Waals surface area contributed by atoms with Gasteiger partial charge in [-0.05, 0) is 17.7 Å². The molecule has 0 unspecified atom stereocenters. The van der Waals surface area contributed by atoms with Crippen molar-refractivity contribution in [3.8, 4) is 11.5 Å². The second-order valence-corrected chi connectivity index (χ2v) is 5.90. The van der Waals surface area contributed by atoms with Gasteiger partial charge in [-0.1, -0.05) is 35.5 Å². The van der Waals surface area contributed by atoms with E-state index >= 15 is 0 Å². The van der Waals surface area contributed by atoms with Crippen molar-refractivity contribution in [2.45, 2.75) is 12.3 Å². The first kappa shape index (κ1) is 15.4. The van der Waals surface area contributed by atoms with Crippen molar-refractivity contribution in [2.75, 3.05) is 5.75 Å². The van der Waals surface area contributed by atoms with E-state index in [1.807, 2.05) is 18.2 Å².